The SMILES string of the molecule is O=C(O)N[C@@H]1C(=O)OC(=O)[C@@H]1NC(=O)O. The molecule has 0 aromatic rings. The normalized spacial score (nSPS) is 24.5. The fourth-order valence-corrected chi connectivity index (χ4v) is 1.05. The number of rotatable bonds is 2. The Labute approximate surface area is 82.0 Å². The second-order valence-corrected chi connectivity index (χ2v) is 2.59. The van der Waals surface area contributed by atoms with E-state index >= 15 is 0 Å². The predicted molar refractivity (Wildman–Crippen MR) is 41.0 cm³/mol. The molecule has 82 valence electrons. The van der Waals surface area contributed by atoms with Crippen molar-refractivity contribution in [1.82, 2.24) is 10.6 Å². The minimum atomic E-state index is -1.57. The number of esters is 2. The van der Waals surface area contributed by atoms with E-state index < -0.39 is 36.2 Å². The van der Waals surface area contributed by atoms with Crippen LogP contribution in [-0.4, -0.2) is 46.4 Å². The van der Waals surface area contributed by atoms with E-state index in [0.717, 1.165) is 0 Å². The molecule has 1 saturated heterocycles. The van der Waals surface area contributed by atoms with Gasteiger partial charge in [-0.1, -0.05) is 0 Å². The highest BCUT2D eigenvalue weighted by Crippen LogP contribution is 2.09. The Morgan fingerprint density at radius 3 is 1.60 bits per heavy atom. The average molecular weight is 218 g/mol. The first-order chi connectivity index (χ1) is 6.91. The quantitative estimate of drug-likeness (QED) is 0.321. The van der Waals surface area contributed by atoms with Gasteiger partial charge in [0.15, 0.2) is 12.1 Å². The number of ether oxygens (including phenoxy) is 1. The monoisotopic (exact) mass is 218 g/mol. The lowest BCUT2D eigenvalue weighted by Crippen LogP contribution is -2.52. The van der Waals surface area contributed by atoms with E-state index in [-0.39, 0.29) is 0 Å². The summed E-state index contributed by atoms with van der Waals surface area (Å²) in [5, 5.41) is 20.0. The van der Waals surface area contributed by atoms with Crippen molar-refractivity contribution in [1.29, 1.82) is 0 Å². The number of carboxylic acid groups (broad SMARTS) is 2. The summed E-state index contributed by atoms with van der Waals surface area (Å²) in [6.45, 7) is 0. The van der Waals surface area contributed by atoms with Crippen LogP contribution in [-0.2, 0) is 14.3 Å². The van der Waals surface area contributed by atoms with Crippen LogP contribution in [0.5, 0.6) is 0 Å². The fourth-order valence-electron chi connectivity index (χ4n) is 1.05. The van der Waals surface area contributed by atoms with Gasteiger partial charge in [-0.3, -0.25) is 0 Å². The van der Waals surface area contributed by atoms with Gasteiger partial charge in [-0.2, -0.15) is 0 Å². The summed E-state index contributed by atoms with van der Waals surface area (Å²) in [4.78, 5) is 42.3. The van der Waals surface area contributed by atoms with Crippen molar-refractivity contribution in [2.45, 2.75) is 12.1 Å². The van der Waals surface area contributed by atoms with E-state index in [2.05, 4.69) is 4.74 Å². The molecular weight excluding hydrogens is 212 g/mol. The third-order valence-electron chi connectivity index (χ3n) is 1.60. The molecule has 0 unspecified atom stereocenters. The molecule has 0 radical (unpaired) electrons. The van der Waals surface area contributed by atoms with Crippen molar-refractivity contribution < 1.29 is 34.1 Å². The van der Waals surface area contributed by atoms with Crippen molar-refractivity contribution >= 4 is 24.1 Å². The molecule has 2 amide bonds. The van der Waals surface area contributed by atoms with Crippen molar-refractivity contribution in [3.05, 3.63) is 0 Å². The Kier molecular flexibility index (Phi) is 2.74. The molecule has 9 nitrogen and oxygen atoms in total. The lowest BCUT2D eigenvalue weighted by atomic mass is 10.1. The Bertz CT molecular complexity index is 306. The fraction of sp³-hybridized carbons (Fsp3) is 0.333. The zero-order valence-electron chi connectivity index (χ0n) is 7.09. The number of hydrogen-bond acceptors (Lipinski definition) is 5. The molecule has 1 heterocycles. The van der Waals surface area contributed by atoms with E-state index in [9.17, 15) is 19.2 Å². The standard InChI is InChI=1S/C6H6N2O7/c9-3-1(7-5(11)12)2(4(10)15-3)8-6(13)14/h1-2,7-8H,(H,11,12)(H,13,14)/t1-,2+. The van der Waals surface area contributed by atoms with Crippen molar-refractivity contribution in [3.8, 4) is 0 Å². The molecule has 0 aromatic heterocycles. The smallest absolute Gasteiger partial charge is 0.405 e. The van der Waals surface area contributed by atoms with E-state index in [1.54, 1.807) is 10.6 Å². The number of carbonyl (C=O) groups excluding carboxylic acids is 2. The number of carbonyl (C=O) groups is 4. The van der Waals surface area contributed by atoms with Crippen LogP contribution in [0.1, 0.15) is 0 Å². The van der Waals surface area contributed by atoms with Crippen LogP contribution in [0.25, 0.3) is 0 Å². The average Bonchev–Trinajstić information content (AvgIpc) is 2.30. The first-order valence-electron chi connectivity index (χ1n) is 3.66. The summed E-state index contributed by atoms with van der Waals surface area (Å²) in [5.74, 6) is -2.28. The lowest BCUT2D eigenvalue weighted by molar-refractivity contribution is -0.153. The van der Waals surface area contributed by atoms with E-state index in [1.165, 1.54) is 0 Å². The summed E-state index contributed by atoms with van der Waals surface area (Å²) in [7, 11) is 0. The number of nitrogens with one attached hydrogen (secondary N) is 2. The van der Waals surface area contributed by atoms with Crippen LogP contribution < -0.4 is 10.6 Å². The number of amides is 2. The topological polar surface area (TPSA) is 142 Å². The van der Waals surface area contributed by atoms with E-state index in [0.29, 0.717) is 0 Å². The van der Waals surface area contributed by atoms with Crippen LogP contribution in [0, 0.1) is 0 Å². The summed E-state index contributed by atoms with van der Waals surface area (Å²) >= 11 is 0. The maximum Gasteiger partial charge on any atom is 0.405 e. The lowest BCUT2D eigenvalue weighted by Gasteiger charge is -2.12. The Morgan fingerprint density at radius 1 is 1.00 bits per heavy atom. The molecule has 1 fully saturated rings. The predicted octanol–water partition coefficient (Wildman–Crippen LogP) is -1.66. The van der Waals surface area contributed by atoms with Gasteiger partial charge in [0.05, 0.1) is 0 Å². The molecule has 2 atom stereocenters. The van der Waals surface area contributed by atoms with Gasteiger partial charge in [-0.15, -0.1) is 0 Å². The molecule has 0 spiro atoms. The summed E-state index contributed by atoms with van der Waals surface area (Å²) in [6.07, 6.45) is -3.13. The highest BCUT2D eigenvalue weighted by Gasteiger charge is 2.46. The van der Waals surface area contributed by atoms with Crippen LogP contribution >= 0.6 is 0 Å². The maximum absolute atomic E-state index is 10.9. The first kappa shape index (κ1) is 10.8. The van der Waals surface area contributed by atoms with Crippen LogP contribution in [0.2, 0.25) is 0 Å². The molecule has 0 aliphatic carbocycles. The Balaban J connectivity index is 2.79. The highest BCUT2D eigenvalue weighted by atomic mass is 16.6. The molecule has 4 N–H and O–H groups in total. The van der Waals surface area contributed by atoms with Crippen molar-refractivity contribution in [3.63, 3.8) is 0 Å². The molecule has 15 heavy (non-hydrogen) atoms. The van der Waals surface area contributed by atoms with Gasteiger partial charge in [-0.25, -0.2) is 19.2 Å². The maximum atomic E-state index is 10.9. The third-order valence-corrected chi connectivity index (χ3v) is 1.60. The molecule has 9 heteroatoms. The Hall–Kier alpha value is -2.32. The zero-order chi connectivity index (χ0) is 11.6. The Morgan fingerprint density at radius 2 is 1.33 bits per heavy atom. The third kappa shape index (κ3) is 2.33. The van der Waals surface area contributed by atoms with E-state index in [4.69, 9.17) is 10.2 Å². The van der Waals surface area contributed by atoms with Gasteiger partial charge >= 0.3 is 24.1 Å². The molecule has 0 saturated carbocycles. The van der Waals surface area contributed by atoms with Crippen LogP contribution in [0.4, 0.5) is 9.59 Å². The molecule has 1 aliphatic rings. The van der Waals surface area contributed by atoms with Gasteiger partial charge in [0.1, 0.15) is 0 Å². The molecule has 0 bridgehead atoms. The van der Waals surface area contributed by atoms with Crippen LogP contribution in [0.3, 0.4) is 0 Å². The summed E-state index contributed by atoms with van der Waals surface area (Å²) in [5.41, 5.74) is 0. The van der Waals surface area contributed by atoms with Crippen molar-refractivity contribution in [2.75, 3.05) is 0 Å². The molecule has 1 rings (SSSR count). The molecular formula is C6H6N2O7. The van der Waals surface area contributed by atoms with Gasteiger partial charge in [-0.05, 0) is 0 Å². The number of cyclic esters (lactones) is 2. The highest BCUT2D eigenvalue weighted by molar-refractivity contribution is 6.03. The second kappa shape index (κ2) is 3.82. The van der Waals surface area contributed by atoms with Gasteiger partial charge in [0, 0.05) is 0 Å². The molecule has 0 aromatic carbocycles. The van der Waals surface area contributed by atoms with E-state index in [1.807, 2.05) is 0 Å². The first-order valence-corrected chi connectivity index (χ1v) is 3.66. The van der Waals surface area contributed by atoms with Crippen LogP contribution in [0.15, 0.2) is 0 Å². The largest absolute Gasteiger partial charge is 0.465 e. The van der Waals surface area contributed by atoms with Gasteiger partial charge < -0.3 is 25.6 Å². The number of hydrogen-bond donors (Lipinski definition) is 4. The van der Waals surface area contributed by atoms with Gasteiger partial charge in [0.25, 0.3) is 0 Å². The van der Waals surface area contributed by atoms with Crippen molar-refractivity contribution in [2.24, 2.45) is 0 Å². The second-order valence-electron chi connectivity index (χ2n) is 2.59. The zero-order valence-corrected chi connectivity index (χ0v) is 7.09. The summed E-state index contributed by atoms with van der Waals surface area (Å²) < 4.78 is 4.06. The summed E-state index contributed by atoms with van der Waals surface area (Å²) in [6, 6.07) is -3.10. The van der Waals surface area contributed by atoms with Gasteiger partial charge in [0.2, 0.25) is 0 Å². The minimum Gasteiger partial charge on any atom is -0.465 e. The molecule has 1 aliphatic heterocycles. The minimum absolute atomic E-state index is 1.14.